The van der Waals surface area contributed by atoms with Crippen molar-refractivity contribution in [1.29, 1.82) is 0 Å². The topological polar surface area (TPSA) is 96.5 Å². The van der Waals surface area contributed by atoms with E-state index in [2.05, 4.69) is 4.98 Å². The Hall–Kier alpha value is -2.11. The number of rotatable bonds is 6. The number of aromatic nitrogens is 1. The van der Waals surface area contributed by atoms with Crippen molar-refractivity contribution in [2.24, 2.45) is 11.7 Å². The van der Waals surface area contributed by atoms with Crippen LogP contribution >= 0.6 is 0 Å². The molecule has 20 heavy (non-hydrogen) atoms. The number of carboxylic acid groups (broad SMARTS) is 1. The highest BCUT2D eigenvalue weighted by atomic mass is 16.4. The molecule has 0 radical (unpaired) electrons. The standard InChI is InChI=1S/C14H19N3O3/c1-8-5-11(13(14(15)20)9(2)16-8)17(7-12(18)19)6-10-3-4-10/h5,10H,3-4,6-7H2,1-2H3,(H2,15,20)(H,18,19). The first-order valence-corrected chi connectivity index (χ1v) is 6.63. The fraction of sp³-hybridized carbons (Fsp3) is 0.500. The number of anilines is 1. The van der Waals surface area contributed by atoms with E-state index in [1.54, 1.807) is 17.9 Å². The van der Waals surface area contributed by atoms with E-state index in [1.165, 1.54) is 0 Å². The Morgan fingerprint density at radius 1 is 1.45 bits per heavy atom. The Bertz CT molecular complexity index is 553. The number of carbonyl (C=O) groups is 2. The Labute approximate surface area is 117 Å². The van der Waals surface area contributed by atoms with Crippen LogP contribution in [-0.2, 0) is 4.79 Å². The third kappa shape index (κ3) is 3.26. The van der Waals surface area contributed by atoms with E-state index in [4.69, 9.17) is 10.8 Å². The molecule has 0 unspecified atom stereocenters. The number of aliphatic carboxylic acids is 1. The summed E-state index contributed by atoms with van der Waals surface area (Å²) < 4.78 is 0. The van der Waals surface area contributed by atoms with Gasteiger partial charge in [0.1, 0.15) is 6.54 Å². The van der Waals surface area contributed by atoms with Crippen LogP contribution in [0.1, 0.15) is 34.6 Å². The molecule has 1 aliphatic rings. The molecule has 1 fully saturated rings. The maximum absolute atomic E-state index is 11.7. The minimum Gasteiger partial charge on any atom is -0.480 e. The summed E-state index contributed by atoms with van der Waals surface area (Å²) in [7, 11) is 0. The Balaban J connectivity index is 2.44. The van der Waals surface area contributed by atoms with Crippen LogP contribution in [0.25, 0.3) is 0 Å². The van der Waals surface area contributed by atoms with Gasteiger partial charge in [-0.2, -0.15) is 0 Å². The molecule has 1 aliphatic carbocycles. The number of pyridine rings is 1. The molecule has 1 heterocycles. The maximum Gasteiger partial charge on any atom is 0.323 e. The summed E-state index contributed by atoms with van der Waals surface area (Å²) >= 11 is 0. The minimum atomic E-state index is -0.923. The second-order valence-corrected chi connectivity index (χ2v) is 5.33. The van der Waals surface area contributed by atoms with Gasteiger partial charge >= 0.3 is 5.97 Å². The molecule has 0 spiro atoms. The fourth-order valence-corrected chi connectivity index (χ4v) is 2.39. The summed E-state index contributed by atoms with van der Waals surface area (Å²) in [5.41, 5.74) is 7.61. The average molecular weight is 277 g/mol. The average Bonchev–Trinajstić information content (AvgIpc) is 3.09. The molecule has 6 heteroatoms. The molecule has 1 aromatic rings. The van der Waals surface area contributed by atoms with Crippen molar-refractivity contribution in [3.8, 4) is 0 Å². The number of carboxylic acids is 1. The fourth-order valence-electron chi connectivity index (χ4n) is 2.39. The van der Waals surface area contributed by atoms with Crippen LogP contribution < -0.4 is 10.6 Å². The van der Waals surface area contributed by atoms with E-state index in [-0.39, 0.29) is 6.54 Å². The second-order valence-electron chi connectivity index (χ2n) is 5.33. The molecule has 108 valence electrons. The zero-order valence-electron chi connectivity index (χ0n) is 11.7. The lowest BCUT2D eigenvalue weighted by Crippen LogP contribution is -2.34. The largest absolute Gasteiger partial charge is 0.480 e. The summed E-state index contributed by atoms with van der Waals surface area (Å²) in [6.45, 7) is 4.03. The van der Waals surface area contributed by atoms with Gasteiger partial charge in [0.25, 0.3) is 5.91 Å². The van der Waals surface area contributed by atoms with Crippen LogP contribution in [0, 0.1) is 19.8 Å². The van der Waals surface area contributed by atoms with E-state index >= 15 is 0 Å². The van der Waals surface area contributed by atoms with Crippen molar-refractivity contribution < 1.29 is 14.7 Å². The quantitative estimate of drug-likeness (QED) is 0.811. The highest BCUT2D eigenvalue weighted by Crippen LogP contribution is 2.33. The molecule has 0 aliphatic heterocycles. The van der Waals surface area contributed by atoms with Gasteiger partial charge in [-0.3, -0.25) is 14.6 Å². The monoisotopic (exact) mass is 277 g/mol. The third-order valence-electron chi connectivity index (χ3n) is 3.40. The molecule has 0 saturated heterocycles. The van der Waals surface area contributed by atoms with E-state index in [0.717, 1.165) is 18.5 Å². The zero-order valence-corrected chi connectivity index (χ0v) is 11.7. The van der Waals surface area contributed by atoms with E-state index in [0.29, 0.717) is 29.4 Å². The van der Waals surface area contributed by atoms with Crippen LogP contribution in [0.2, 0.25) is 0 Å². The van der Waals surface area contributed by atoms with Crippen molar-refractivity contribution >= 4 is 17.6 Å². The summed E-state index contributed by atoms with van der Waals surface area (Å²) in [6.07, 6.45) is 2.20. The first kappa shape index (κ1) is 14.3. The number of nitrogens with zero attached hydrogens (tertiary/aromatic N) is 2. The van der Waals surface area contributed by atoms with Crippen molar-refractivity contribution in [3.05, 3.63) is 23.0 Å². The summed E-state index contributed by atoms with van der Waals surface area (Å²) in [6, 6.07) is 1.73. The summed E-state index contributed by atoms with van der Waals surface area (Å²) in [5.74, 6) is -0.992. The first-order chi connectivity index (χ1) is 9.38. The molecular formula is C14H19N3O3. The van der Waals surface area contributed by atoms with Crippen molar-refractivity contribution in [2.45, 2.75) is 26.7 Å². The molecule has 0 bridgehead atoms. The predicted octanol–water partition coefficient (Wildman–Crippen LogP) is 1.10. The molecule has 1 saturated carbocycles. The van der Waals surface area contributed by atoms with Crippen LogP contribution in [0.4, 0.5) is 5.69 Å². The van der Waals surface area contributed by atoms with Gasteiger partial charge in [-0.25, -0.2) is 0 Å². The molecule has 1 aromatic heterocycles. The van der Waals surface area contributed by atoms with Crippen LogP contribution in [0.3, 0.4) is 0 Å². The number of nitrogens with two attached hydrogens (primary N) is 1. The smallest absolute Gasteiger partial charge is 0.323 e. The number of amides is 1. The minimum absolute atomic E-state index is 0.139. The van der Waals surface area contributed by atoms with Gasteiger partial charge in [0, 0.05) is 12.2 Å². The lowest BCUT2D eigenvalue weighted by atomic mass is 10.1. The second kappa shape index (κ2) is 5.48. The molecule has 1 amide bonds. The van der Waals surface area contributed by atoms with Gasteiger partial charge in [-0.15, -0.1) is 0 Å². The SMILES string of the molecule is Cc1cc(N(CC(=O)O)CC2CC2)c(C(N)=O)c(C)n1. The maximum atomic E-state index is 11.7. The zero-order chi connectivity index (χ0) is 14.9. The van der Waals surface area contributed by atoms with Gasteiger partial charge in [-0.05, 0) is 38.7 Å². The van der Waals surface area contributed by atoms with Crippen LogP contribution in [0.15, 0.2) is 6.07 Å². The first-order valence-electron chi connectivity index (χ1n) is 6.63. The molecule has 6 nitrogen and oxygen atoms in total. The van der Waals surface area contributed by atoms with Crippen LogP contribution in [-0.4, -0.2) is 35.1 Å². The summed E-state index contributed by atoms with van der Waals surface area (Å²) in [4.78, 5) is 28.7. The van der Waals surface area contributed by atoms with Gasteiger partial charge in [-0.1, -0.05) is 0 Å². The molecule has 0 atom stereocenters. The predicted molar refractivity (Wildman–Crippen MR) is 74.8 cm³/mol. The van der Waals surface area contributed by atoms with Crippen molar-refractivity contribution in [3.63, 3.8) is 0 Å². The third-order valence-corrected chi connectivity index (χ3v) is 3.40. The van der Waals surface area contributed by atoms with Gasteiger partial charge in [0.15, 0.2) is 0 Å². The number of hydrogen-bond acceptors (Lipinski definition) is 4. The van der Waals surface area contributed by atoms with Crippen molar-refractivity contribution in [1.82, 2.24) is 4.98 Å². The van der Waals surface area contributed by atoms with Gasteiger partial charge in [0.05, 0.1) is 16.9 Å². The van der Waals surface area contributed by atoms with E-state index in [9.17, 15) is 9.59 Å². The number of hydrogen-bond donors (Lipinski definition) is 2. The Morgan fingerprint density at radius 2 is 2.10 bits per heavy atom. The molecular weight excluding hydrogens is 258 g/mol. The molecule has 0 aromatic carbocycles. The number of aryl methyl sites for hydroxylation is 2. The molecule has 3 N–H and O–H groups in total. The Kier molecular flexibility index (Phi) is 3.92. The van der Waals surface area contributed by atoms with Gasteiger partial charge < -0.3 is 15.7 Å². The van der Waals surface area contributed by atoms with E-state index < -0.39 is 11.9 Å². The van der Waals surface area contributed by atoms with Crippen molar-refractivity contribution in [2.75, 3.05) is 18.0 Å². The lowest BCUT2D eigenvalue weighted by molar-refractivity contribution is -0.135. The molecule has 2 rings (SSSR count). The van der Waals surface area contributed by atoms with Gasteiger partial charge in [0.2, 0.25) is 0 Å². The number of carbonyl (C=O) groups excluding carboxylic acids is 1. The normalized spacial score (nSPS) is 14.1. The Morgan fingerprint density at radius 3 is 2.60 bits per heavy atom. The van der Waals surface area contributed by atoms with Crippen LogP contribution in [0.5, 0.6) is 0 Å². The van der Waals surface area contributed by atoms with E-state index in [1.807, 2.05) is 6.92 Å². The lowest BCUT2D eigenvalue weighted by Gasteiger charge is -2.25. The summed E-state index contributed by atoms with van der Waals surface area (Å²) in [5, 5.41) is 9.07. The number of primary amides is 1. The highest BCUT2D eigenvalue weighted by molar-refractivity contribution is 6.00. The highest BCUT2D eigenvalue weighted by Gasteiger charge is 2.28.